The highest BCUT2D eigenvalue weighted by Crippen LogP contribution is 2.38. The maximum Gasteiger partial charge on any atom is 0.255 e. The van der Waals surface area contributed by atoms with Gasteiger partial charge in [0, 0.05) is 54.2 Å². The number of fused-ring (bicyclic) bond motifs is 2. The minimum atomic E-state index is 0.0821. The Kier molecular flexibility index (Phi) is 4.22. The average Bonchev–Trinajstić information content (AvgIpc) is 2.86. The van der Waals surface area contributed by atoms with Crippen LogP contribution in [0, 0.1) is 0 Å². The molecule has 124 valence electrons. The molecule has 0 N–H and O–H groups in total. The molecular weight excluding hydrogens is 370 g/mol. The number of hydrogen-bond donors (Lipinski definition) is 0. The number of nitrogens with zero attached hydrogens (tertiary/aromatic N) is 3. The molecule has 0 saturated carbocycles. The van der Waals surface area contributed by atoms with Crippen molar-refractivity contribution in [1.82, 2.24) is 14.9 Å². The summed E-state index contributed by atoms with van der Waals surface area (Å²) in [5.41, 5.74) is 0.648. The van der Waals surface area contributed by atoms with E-state index in [0.29, 0.717) is 5.56 Å². The summed E-state index contributed by atoms with van der Waals surface area (Å²) >= 11 is 3.39. The Bertz CT molecular complexity index is 726. The van der Waals surface area contributed by atoms with Gasteiger partial charge in [-0.1, -0.05) is 0 Å². The molecule has 2 aromatic heterocycles. The van der Waals surface area contributed by atoms with E-state index in [1.165, 1.54) is 0 Å². The Morgan fingerprint density at radius 2 is 1.83 bits per heavy atom. The minimum absolute atomic E-state index is 0.0821. The van der Waals surface area contributed by atoms with Gasteiger partial charge in [0.15, 0.2) is 0 Å². The summed E-state index contributed by atoms with van der Waals surface area (Å²) in [4.78, 5) is 23.1. The number of aromatic nitrogens is 2. The molecule has 4 heterocycles. The van der Waals surface area contributed by atoms with Gasteiger partial charge in [0.1, 0.15) is 11.9 Å². The van der Waals surface area contributed by atoms with E-state index in [2.05, 4.69) is 30.8 Å². The van der Waals surface area contributed by atoms with E-state index in [4.69, 9.17) is 4.74 Å². The number of hydrogen-bond acceptors (Lipinski definition) is 4. The third-order valence-corrected chi connectivity index (χ3v) is 5.26. The van der Waals surface area contributed by atoms with E-state index in [1.807, 2.05) is 18.2 Å². The lowest BCUT2D eigenvalue weighted by atomic mass is 9.98. The summed E-state index contributed by atoms with van der Waals surface area (Å²) in [6.07, 6.45) is 10.8. The topological polar surface area (TPSA) is 55.3 Å². The number of carbonyl (C=O) groups excluding carboxylic acids is 1. The van der Waals surface area contributed by atoms with Crippen molar-refractivity contribution < 1.29 is 9.53 Å². The second-order valence-electron chi connectivity index (χ2n) is 6.38. The first kappa shape index (κ1) is 15.6. The molecule has 1 amide bonds. The molecule has 2 aliphatic rings. The predicted octanol–water partition coefficient (Wildman–Crippen LogP) is 3.45. The average molecular weight is 388 g/mol. The highest BCUT2D eigenvalue weighted by molar-refractivity contribution is 9.10. The summed E-state index contributed by atoms with van der Waals surface area (Å²) in [6, 6.07) is 6.11. The number of pyridine rings is 2. The molecule has 0 spiro atoms. The number of rotatable bonds is 3. The zero-order chi connectivity index (χ0) is 16.5. The molecule has 2 aliphatic heterocycles. The van der Waals surface area contributed by atoms with Crippen molar-refractivity contribution in [2.24, 2.45) is 0 Å². The number of amides is 1. The van der Waals surface area contributed by atoms with Gasteiger partial charge in [0.25, 0.3) is 5.91 Å². The molecule has 0 aromatic carbocycles. The molecule has 4 rings (SSSR count). The largest absolute Gasteiger partial charge is 0.490 e. The normalized spacial score (nSPS) is 25.5. The fourth-order valence-electron chi connectivity index (χ4n) is 3.84. The van der Waals surface area contributed by atoms with E-state index >= 15 is 0 Å². The number of halogens is 1. The van der Waals surface area contributed by atoms with Gasteiger partial charge < -0.3 is 9.64 Å². The Morgan fingerprint density at radius 3 is 2.50 bits per heavy atom. The Hall–Kier alpha value is -1.95. The monoisotopic (exact) mass is 387 g/mol. The highest BCUT2D eigenvalue weighted by atomic mass is 79.9. The molecule has 2 saturated heterocycles. The maximum absolute atomic E-state index is 12.9. The standard InChI is InChI=1S/C18H18BrN3O2/c19-13-7-12(10-21-11-13)18(23)22-14-1-2-15(22)9-17(8-14)24-16-3-5-20-6-4-16/h3-7,10-11,14-15,17H,1-2,8-9H2. The number of ether oxygens (including phenoxy) is 1. The third-order valence-electron chi connectivity index (χ3n) is 4.83. The van der Waals surface area contributed by atoms with Crippen molar-refractivity contribution in [2.45, 2.75) is 43.9 Å². The van der Waals surface area contributed by atoms with Gasteiger partial charge >= 0.3 is 0 Å². The minimum Gasteiger partial charge on any atom is -0.490 e. The van der Waals surface area contributed by atoms with Crippen LogP contribution < -0.4 is 4.74 Å². The second kappa shape index (κ2) is 6.51. The molecule has 2 unspecified atom stereocenters. The molecule has 2 fully saturated rings. The van der Waals surface area contributed by atoms with Crippen LogP contribution in [-0.2, 0) is 0 Å². The summed E-state index contributed by atoms with van der Waals surface area (Å²) in [7, 11) is 0. The number of piperidine rings is 1. The van der Waals surface area contributed by atoms with Gasteiger partial charge in [-0.15, -0.1) is 0 Å². The summed E-state index contributed by atoms with van der Waals surface area (Å²) in [5.74, 6) is 0.934. The van der Waals surface area contributed by atoms with Gasteiger partial charge in [0.05, 0.1) is 5.56 Å². The van der Waals surface area contributed by atoms with Gasteiger partial charge in [-0.25, -0.2) is 0 Å². The lowest BCUT2D eigenvalue weighted by Crippen LogP contribution is -2.49. The molecule has 2 bridgehead atoms. The molecular formula is C18H18BrN3O2. The van der Waals surface area contributed by atoms with Crippen LogP contribution in [0.25, 0.3) is 0 Å². The van der Waals surface area contributed by atoms with Crippen molar-refractivity contribution in [3.8, 4) is 5.75 Å². The fraction of sp³-hybridized carbons (Fsp3) is 0.389. The van der Waals surface area contributed by atoms with Gasteiger partial charge in [-0.2, -0.15) is 0 Å². The van der Waals surface area contributed by atoms with Gasteiger partial charge in [-0.3, -0.25) is 14.8 Å². The molecule has 0 radical (unpaired) electrons. The van der Waals surface area contributed by atoms with E-state index in [-0.39, 0.29) is 24.1 Å². The van der Waals surface area contributed by atoms with Gasteiger partial charge in [-0.05, 0) is 47.0 Å². The zero-order valence-corrected chi connectivity index (χ0v) is 14.7. The molecule has 0 aliphatic carbocycles. The van der Waals surface area contributed by atoms with Crippen LogP contribution in [0.15, 0.2) is 47.5 Å². The van der Waals surface area contributed by atoms with E-state index in [0.717, 1.165) is 35.9 Å². The van der Waals surface area contributed by atoms with Gasteiger partial charge in [0.2, 0.25) is 0 Å². The molecule has 2 atom stereocenters. The number of carbonyl (C=O) groups is 1. The van der Waals surface area contributed by atoms with Crippen LogP contribution in [0.3, 0.4) is 0 Å². The van der Waals surface area contributed by atoms with Crippen LogP contribution in [0.5, 0.6) is 5.75 Å². The summed E-state index contributed by atoms with van der Waals surface area (Å²) in [6.45, 7) is 0. The summed E-state index contributed by atoms with van der Waals surface area (Å²) < 4.78 is 6.92. The van der Waals surface area contributed by atoms with Crippen LogP contribution in [0.4, 0.5) is 0 Å². The van der Waals surface area contributed by atoms with Crippen molar-refractivity contribution in [1.29, 1.82) is 0 Å². The summed E-state index contributed by atoms with van der Waals surface area (Å²) in [5, 5.41) is 0. The Balaban J connectivity index is 1.48. The predicted molar refractivity (Wildman–Crippen MR) is 92.8 cm³/mol. The Labute approximate surface area is 149 Å². The quantitative estimate of drug-likeness (QED) is 0.808. The maximum atomic E-state index is 12.9. The smallest absolute Gasteiger partial charge is 0.255 e. The fourth-order valence-corrected chi connectivity index (χ4v) is 4.21. The molecule has 6 heteroatoms. The first-order chi connectivity index (χ1) is 11.7. The van der Waals surface area contributed by atoms with Crippen LogP contribution in [0.2, 0.25) is 0 Å². The third kappa shape index (κ3) is 3.02. The van der Waals surface area contributed by atoms with Crippen molar-refractivity contribution in [3.05, 3.63) is 53.0 Å². The van der Waals surface area contributed by atoms with Crippen LogP contribution >= 0.6 is 15.9 Å². The lowest BCUT2D eigenvalue weighted by molar-refractivity contribution is 0.0358. The van der Waals surface area contributed by atoms with Crippen molar-refractivity contribution in [3.63, 3.8) is 0 Å². The lowest BCUT2D eigenvalue weighted by Gasteiger charge is -2.39. The molecule has 2 aromatic rings. The van der Waals surface area contributed by atoms with E-state index < -0.39 is 0 Å². The van der Waals surface area contributed by atoms with Crippen molar-refractivity contribution >= 4 is 21.8 Å². The van der Waals surface area contributed by atoms with E-state index in [1.54, 1.807) is 24.8 Å². The van der Waals surface area contributed by atoms with E-state index in [9.17, 15) is 4.79 Å². The Morgan fingerprint density at radius 1 is 1.12 bits per heavy atom. The second-order valence-corrected chi connectivity index (χ2v) is 7.30. The van der Waals surface area contributed by atoms with Crippen LogP contribution in [-0.4, -0.2) is 39.0 Å². The molecule has 5 nitrogen and oxygen atoms in total. The zero-order valence-electron chi connectivity index (χ0n) is 13.1. The van der Waals surface area contributed by atoms with Crippen molar-refractivity contribution in [2.75, 3.05) is 0 Å². The SMILES string of the molecule is O=C(c1cncc(Br)c1)N1C2CCC1CC(Oc1ccncc1)C2. The van der Waals surface area contributed by atoms with Crippen LogP contribution in [0.1, 0.15) is 36.0 Å². The highest BCUT2D eigenvalue weighted by Gasteiger charge is 2.44. The first-order valence-electron chi connectivity index (χ1n) is 8.20. The first-order valence-corrected chi connectivity index (χ1v) is 9.00. The molecule has 24 heavy (non-hydrogen) atoms.